The van der Waals surface area contributed by atoms with E-state index in [-0.39, 0.29) is 30.5 Å². The topological polar surface area (TPSA) is 92.6 Å². The molecule has 0 fully saturated rings. The zero-order valence-electron chi connectivity index (χ0n) is 17.4. The van der Waals surface area contributed by atoms with Gasteiger partial charge in [-0.05, 0) is 29.3 Å². The monoisotopic (exact) mass is 448 g/mol. The van der Waals surface area contributed by atoms with Crippen LogP contribution in [0.3, 0.4) is 0 Å². The van der Waals surface area contributed by atoms with Gasteiger partial charge in [-0.15, -0.1) is 0 Å². The van der Waals surface area contributed by atoms with Crippen molar-refractivity contribution in [1.82, 2.24) is 14.9 Å². The molecule has 7 nitrogen and oxygen atoms in total. The fraction of sp³-hybridized carbons (Fsp3) is 0.167. The minimum absolute atomic E-state index is 0.0272. The lowest BCUT2D eigenvalue weighted by Gasteiger charge is -2.18. The molecule has 0 atom stereocenters. The summed E-state index contributed by atoms with van der Waals surface area (Å²) in [6, 6.07) is 24.8. The average Bonchev–Trinajstić information content (AvgIpc) is 3.26. The summed E-state index contributed by atoms with van der Waals surface area (Å²) >= 11 is 0. The number of anilines is 1. The Morgan fingerprint density at radius 2 is 1.59 bits per heavy atom. The van der Waals surface area contributed by atoms with E-state index in [1.54, 1.807) is 35.1 Å². The normalized spacial score (nSPS) is 11.5. The molecule has 4 rings (SSSR count). The van der Waals surface area contributed by atoms with E-state index >= 15 is 0 Å². The van der Waals surface area contributed by atoms with Crippen LogP contribution < -0.4 is 10.0 Å². The first-order valence-electron chi connectivity index (χ1n) is 10.3. The van der Waals surface area contributed by atoms with Crippen LogP contribution in [-0.2, 0) is 14.8 Å². The van der Waals surface area contributed by atoms with E-state index in [4.69, 9.17) is 0 Å². The van der Waals surface area contributed by atoms with Gasteiger partial charge in [0.25, 0.3) is 0 Å². The van der Waals surface area contributed by atoms with Crippen molar-refractivity contribution in [1.29, 1.82) is 0 Å². The van der Waals surface area contributed by atoms with Gasteiger partial charge in [0.1, 0.15) is 0 Å². The van der Waals surface area contributed by atoms with Gasteiger partial charge in [-0.3, -0.25) is 9.52 Å². The van der Waals surface area contributed by atoms with Gasteiger partial charge in [0, 0.05) is 31.3 Å². The predicted octanol–water partition coefficient (Wildman–Crippen LogP) is 3.41. The SMILES string of the molecule is O=C(CC(c1ccccc1)c1ccccc1)NCCS(=O)(=O)Nc1ccn2nccc2c1. The number of hydrogen-bond donors (Lipinski definition) is 2. The standard InChI is InChI=1S/C24H24N4O3S/c29-24(18-23(19-7-3-1-4-8-19)20-9-5-2-6-10-20)25-14-16-32(30,31)27-21-12-15-28-22(17-21)11-13-26-28/h1-13,15,17,23,27H,14,16,18H2,(H,25,29). The van der Waals surface area contributed by atoms with Crippen molar-refractivity contribution in [2.45, 2.75) is 12.3 Å². The maximum atomic E-state index is 12.6. The summed E-state index contributed by atoms with van der Waals surface area (Å²) in [6.45, 7) is 0.0272. The van der Waals surface area contributed by atoms with E-state index in [0.717, 1.165) is 16.6 Å². The van der Waals surface area contributed by atoms with Crippen molar-refractivity contribution in [2.75, 3.05) is 17.0 Å². The van der Waals surface area contributed by atoms with Crippen molar-refractivity contribution in [3.63, 3.8) is 0 Å². The summed E-state index contributed by atoms with van der Waals surface area (Å²) in [5, 5.41) is 6.83. The molecule has 2 N–H and O–H groups in total. The van der Waals surface area contributed by atoms with Crippen molar-refractivity contribution >= 4 is 27.1 Å². The van der Waals surface area contributed by atoms with E-state index < -0.39 is 10.0 Å². The fourth-order valence-electron chi connectivity index (χ4n) is 3.60. The van der Waals surface area contributed by atoms with Gasteiger partial charge in [-0.2, -0.15) is 5.10 Å². The van der Waals surface area contributed by atoms with Crippen molar-refractivity contribution < 1.29 is 13.2 Å². The van der Waals surface area contributed by atoms with Crippen LogP contribution in [0.2, 0.25) is 0 Å². The first-order valence-corrected chi connectivity index (χ1v) is 12.0. The van der Waals surface area contributed by atoms with Gasteiger partial charge in [0.05, 0.1) is 17.0 Å². The van der Waals surface area contributed by atoms with Gasteiger partial charge < -0.3 is 5.32 Å². The van der Waals surface area contributed by atoms with Gasteiger partial charge in [0.2, 0.25) is 15.9 Å². The zero-order chi connectivity index (χ0) is 22.4. The maximum absolute atomic E-state index is 12.6. The average molecular weight is 449 g/mol. The lowest BCUT2D eigenvalue weighted by Crippen LogP contribution is -2.32. The Balaban J connectivity index is 1.34. The van der Waals surface area contributed by atoms with Crippen LogP contribution in [0.1, 0.15) is 23.5 Å². The van der Waals surface area contributed by atoms with Crippen LogP contribution in [0.5, 0.6) is 0 Å². The Morgan fingerprint density at radius 1 is 0.938 bits per heavy atom. The molecule has 4 aromatic rings. The third kappa shape index (κ3) is 5.53. The molecular weight excluding hydrogens is 424 g/mol. The number of carbonyl (C=O) groups excluding carboxylic acids is 1. The van der Waals surface area contributed by atoms with Crippen LogP contribution in [-0.4, -0.2) is 36.2 Å². The number of nitrogens with one attached hydrogen (secondary N) is 2. The quantitative estimate of drug-likeness (QED) is 0.410. The van der Waals surface area contributed by atoms with E-state index in [9.17, 15) is 13.2 Å². The summed E-state index contributed by atoms with van der Waals surface area (Å²) in [5.41, 5.74) is 3.32. The van der Waals surface area contributed by atoms with E-state index in [1.807, 2.05) is 60.7 Å². The van der Waals surface area contributed by atoms with Crippen molar-refractivity contribution in [3.8, 4) is 0 Å². The van der Waals surface area contributed by atoms with Gasteiger partial charge >= 0.3 is 0 Å². The van der Waals surface area contributed by atoms with Crippen molar-refractivity contribution in [2.24, 2.45) is 0 Å². The largest absolute Gasteiger partial charge is 0.355 e. The number of rotatable bonds is 9. The molecule has 0 aliphatic carbocycles. The number of pyridine rings is 1. The highest BCUT2D eigenvalue weighted by Crippen LogP contribution is 2.27. The minimum Gasteiger partial charge on any atom is -0.355 e. The molecule has 0 saturated heterocycles. The molecule has 0 bridgehead atoms. The second kappa shape index (κ2) is 9.65. The molecule has 0 radical (unpaired) electrons. The van der Waals surface area contributed by atoms with E-state index in [1.165, 1.54) is 0 Å². The Labute approximate surface area is 187 Å². The summed E-state index contributed by atoms with van der Waals surface area (Å²) in [4.78, 5) is 12.6. The van der Waals surface area contributed by atoms with E-state index in [0.29, 0.717) is 5.69 Å². The van der Waals surface area contributed by atoms with Crippen molar-refractivity contribution in [3.05, 3.63) is 102 Å². The summed E-state index contributed by atoms with van der Waals surface area (Å²) in [6.07, 6.45) is 3.56. The second-order valence-corrected chi connectivity index (χ2v) is 9.31. The number of benzene rings is 2. The Morgan fingerprint density at radius 3 is 2.25 bits per heavy atom. The number of hydrogen-bond acceptors (Lipinski definition) is 4. The molecule has 1 amide bonds. The maximum Gasteiger partial charge on any atom is 0.234 e. The third-order valence-electron chi connectivity index (χ3n) is 5.16. The molecule has 2 heterocycles. The lowest BCUT2D eigenvalue weighted by molar-refractivity contribution is -0.121. The number of aromatic nitrogens is 2. The molecule has 164 valence electrons. The molecule has 0 spiro atoms. The van der Waals surface area contributed by atoms with Crippen LogP contribution in [0.4, 0.5) is 5.69 Å². The van der Waals surface area contributed by atoms with Crippen LogP contribution in [0.25, 0.3) is 5.52 Å². The third-order valence-corrected chi connectivity index (χ3v) is 6.45. The Hall–Kier alpha value is -3.65. The zero-order valence-corrected chi connectivity index (χ0v) is 18.2. The number of amides is 1. The Kier molecular flexibility index (Phi) is 6.51. The lowest BCUT2D eigenvalue weighted by atomic mass is 9.88. The number of carbonyl (C=O) groups is 1. The molecule has 0 aliphatic rings. The van der Waals surface area contributed by atoms with E-state index in [2.05, 4.69) is 15.1 Å². The van der Waals surface area contributed by atoms with Gasteiger partial charge in [-0.1, -0.05) is 60.7 Å². The number of nitrogens with zero attached hydrogens (tertiary/aromatic N) is 2. The molecule has 2 aromatic carbocycles. The van der Waals surface area contributed by atoms with Gasteiger partial charge in [0.15, 0.2) is 0 Å². The molecule has 32 heavy (non-hydrogen) atoms. The van der Waals surface area contributed by atoms with Gasteiger partial charge in [-0.25, -0.2) is 12.9 Å². The van der Waals surface area contributed by atoms with Crippen LogP contribution >= 0.6 is 0 Å². The smallest absolute Gasteiger partial charge is 0.234 e. The fourth-order valence-corrected chi connectivity index (χ4v) is 4.56. The van der Waals surface area contributed by atoms with Crippen LogP contribution in [0, 0.1) is 0 Å². The summed E-state index contributed by atoms with van der Waals surface area (Å²) in [7, 11) is -3.61. The molecular formula is C24H24N4O3S. The molecule has 0 saturated carbocycles. The number of fused-ring (bicyclic) bond motifs is 1. The highest BCUT2D eigenvalue weighted by atomic mass is 32.2. The molecule has 8 heteroatoms. The highest BCUT2D eigenvalue weighted by molar-refractivity contribution is 7.92. The number of sulfonamides is 1. The van der Waals surface area contributed by atoms with Crippen LogP contribution in [0.15, 0.2) is 91.3 Å². The molecule has 2 aromatic heterocycles. The summed E-state index contributed by atoms with van der Waals surface area (Å²) in [5.74, 6) is -0.516. The highest BCUT2D eigenvalue weighted by Gasteiger charge is 2.19. The minimum atomic E-state index is -3.61. The first-order chi connectivity index (χ1) is 15.5. The molecule has 0 unspecified atom stereocenters. The second-order valence-electron chi connectivity index (χ2n) is 7.47. The molecule has 0 aliphatic heterocycles. The first kappa shape index (κ1) is 21.6. The Bertz CT molecular complexity index is 1250. The predicted molar refractivity (Wildman–Crippen MR) is 125 cm³/mol. The summed E-state index contributed by atoms with van der Waals surface area (Å²) < 4.78 is 29.1.